The number of halogens is 1. The third-order valence-electron chi connectivity index (χ3n) is 3.30. The van der Waals surface area contributed by atoms with Crippen LogP contribution in [0.4, 0.5) is 0 Å². The van der Waals surface area contributed by atoms with Gasteiger partial charge in [-0.3, -0.25) is 9.20 Å². The molecule has 5 nitrogen and oxygen atoms in total. The van der Waals surface area contributed by atoms with E-state index in [4.69, 9.17) is 9.47 Å². The number of hydrogen-bond acceptors (Lipinski definition) is 5. The van der Waals surface area contributed by atoms with Crippen LogP contribution in [0.1, 0.15) is 24.3 Å². The van der Waals surface area contributed by atoms with Gasteiger partial charge in [-0.25, -0.2) is 4.98 Å². The van der Waals surface area contributed by atoms with Crippen LogP contribution in [0.5, 0.6) is 11.5 Å². The van der Waals surface area contributed by atoms with Crippen LogP contribution >= 0.6 is 27.3 Å². The van der Waals surface area contributed by atoms with Crippen molar-refractivity contribution < 1.29 is 14.3 Å². The second-order valence-corrected chi connectivity index (χ2v) is 6.39. The first-order valence-corrected chi connectivity index (χ1v) is 8.87. The third kappa shape index (κ3) is 2.86. The third-order valence-corrected chi connectivity index (χ3v) is 4.68. The number of nitrogens with zero attached hydrogens (tertiary/aromatic N) is 2. The number of aldehydes is 1. The Kier molecular flexibility index (Phi) is 4.68. The quantitative estimate of drug-likeness (QED) is 0.580. The highest BCUT2D eigenvalue weighted by Gasteiger charge is 2.20. The molecule has 0 aliphatic carbocycles. The van der Waals surface area contributed by atoms with Gasteiger partial charge in [-0.05, 0) is 41.9 Å². The topological polar surface area (TPSA) is 52.8 Å². The van der Waals surface area contributed by atoms with Crippen LogP contribution in [-0.4, -0.2) is 28.9 Å². The molecule has 0 N–H and O–H groups in total. The monoisotopic (exact) mass is 394 g/mol. The lowest BCUT2D eigenvalue weighted by Gasteiger charge is -2.13. The Labute approximate surface area is 146 Å². The minimum atomic E-state index is 0.506. The predicted octanol–water partition coefficient (Wildman–Crippen LogP) is 4.44. The molecule has 0 atom stereocenters. The fourth-order valence-corrected chi connectivity index (χ4v) is 3.53. The van der Waals surface area contributed by atoms with E-state index < -0.39 is 0 Å². The fraction of sp³-hybridized carbons (Fsp3) is 0.250. The molecule has 0 aliphatic rings. The zero-order valence-corrected chi connectivity index (χ0v) is 15.1. The lowest BCUT2D eigenvalue weighted by atomic mass is 10.1. The molecule has 0 saturated carbocycles. The molecular weight excluding hydrogens is 380 g/mol. The minimum Gasteiger partial charge on any atom is -0.493 e. The first-order chi connectivity index (χ1) is 11.2. The first-order valence-electron chi connectivity index (χ1n) is 7.19. The number of hydrogen-bond donors (Lipinski definition) is 0. The van der Waals surface area contributed by atoms with E-state index in [2.05, 4.69) is 20.9 Å². The molecule has 120 valence electrons. The molecule has 7 heteroatoms. The smallest absolute Gasteiger partial charge is 0.194 e. The molecule has 0 amide bonds. The number of ether oxygens (including phenoxy) is 2. The van der Waals surface area contributed by atoms with Gasteiger partial charge in [0.05, 0.1) is 17.7 Å². The van der Waals surface area contributed by atoms with E-state index in [1.807, 2.05) is 37.6 Å². The maximum absolute atomic E-state index is 11.6. The molecule has 0 aliphatic heterocycles. The summed E-state index contributed by atoms with van der Waals surface area (Å²) >= 11 is 4.97. The van der Waals surface area contributed by atoms with E-state index in [0.29, 0.717) is 36.1 Å². The van der Waals surface area contributed by atoms with Gasteiger partial charge in [0.15, 0.2) is 11.2 Å². The minimum absolute atomic E-state index is 0.506. The van der Waals surface area contributed by atoms with Gasteiger partial charge in [-0.2, -0.15) is 0 Å². The van der Waals surface area contributed by atoms with Crippen LogP contribution in [0.2, 0.25) is 0 Å². The summed E-state index contributed by atoms with van der Waals surface area (Å²) in [4.78, 5) is 16.9. The van der Waals surface area contributed by atoms with E-state index in [-0.39, 0.29) is 0 Å². The Morgan fingerprint density at radius 3 is 2.70 bits per heavy atom. The number of rotatable bonds is 6. The molecule has 23 heavy (non-hydrogen) atoms. The normalized spacial score (nSPS) is 10.9. The molecule has 0 radical (unpaired) electrons. The lowest BCUT2D eigenvalue weighted by Crippen LogP contribution is -1.99. The molecular formula is C16H15BrN2O3S. The van der Waals surface area contributed by atoms with Gasteiger partial charge in [0.2, 0.25) is 0 Å². The van der Waals surface area contributed by atoms with Crippen LogP contribution in [-0.2, 0) is 0 Å². The van der Waals surface area contributed by atoms with Gasteiger partial charge < -0.3 is 9.47 Å². The van der Waals surface area contributed by atoms with Gasteiger partial charge >= 0.3 is 0 Å². The number of benzene rings is 1. The van der Waals surface area contributed by atoms with Crippen molar-refractivity contribution in [1.82, 2.24) is 9.38 Å². The highest BCUT2D eigenvalue weighted by atomic mass is 79.9. The molecule has 0 unspecified atom stereocenters. The zero-order chi connectivity index (χ0) is 16.4. The fourth-order valence-electron chi connectivity index (χ4n) is 2.38. The SMILES string of the molecule is CCOc1cc(-c2nc3sccn3c2C=O)c(OCC)cc1Br. The summed E-state index contributed by atoms with van der Waals surface area (Å²) in [7, 11) is 0. The number of carbonyl (C=O) groups is 1. The van der Waals surface area contributed by atoms with Crippen molar-refractivity contribution in [2.24, 2.45) is 0 Å². The van der Waals surface area contributed by atoms with E-state index in [1.165, 1.54) is 11.3 Å². The molecule has 1 aromatic carbocycles. The van der Waals surface area contributed by atoms with Gasteiger partial charge in [-0.1, -0.05) is 0 Å². The van der Waals surface area contributed by atoms with E-state index in [0.717, 1.165) is 21.3 Å². The van der Waals surface area contributed by atoms with Crippen molar-refractivity contribution in [2.75, 3.05) is 13.2 Å². The number of imidazole rings is 1. The molecule has 2 aromatic heterocycles. The lowest BCUT2D eigenvalue weighted by molar-refractivity contribution is 0.111. The Balaban J connectivity index is 2.24. The van der Waals surface area contributed by atoms with E-state index >= 15 is 0 Å². The second kappa shape index (κ2) is 6.72. The van der Waals surface area contributed by atoms with E-state index in [9.17, 15) is 4.79 Å². The summed E-state index contributed by atoms with van der Waals surface area (Å²) in [5, 5.41) is 1.90. The van der Waals surface area contributed by atoms with Gasteiger partial charge in [-0.15, -0.1) is 11.3 Å². The number of carbonyl (C=O) groups excluding carboxylic acids is 1. The van der Waals surface area contributed by atoms with Crippen LogP contribution in [0.25, 0.3) is 16.2 Å². The van der Waals surface area contributed by atoms with Crippen molar-refractivity contribution in [2.45, 2.75) is 13.8 Å². The van der Waals surface area contributed by atoms with E-state index in [1.54, 1.807) is 4.40 Å². The second-order valence-electron chi connectivity index (χ2n) is 4.66. The summed E-state index contributed by atoms with van der Waals surface area (Å²) < 4.78 is 14.0. The molecule has 0 saturated heterocycles. The Morgan fingerprint density at radius 1 is 1.26 bits per heavy atom. The van der Waals surface area contributed by atoms with Crippen LogP contribution in [0.3, 0.4) is 0 Å². The standard InChI is InChI=1S/C16H15BrN2O3S/c1-3-21-13-8-11(17)14(22-4-2)7-10(13)15-12(9-20)19-5-6-23-16(19)18-15/h5-9H,3-4H2,1-2H3. The predicted molar refractivity (Wildman–Crippen MR) is 93.9 cm³/mol. The van der Waals surface area contributed by atoms with Gasteiger partial charge in [0.1, 0.15) is 22.9 Å². The number of fused-ring (bicyclic) bond motifs is 1. The Morgan fingerprint density at radius 2 is 2.00 bits per heavy atom. The summed E-state index contributed by atoms with van der Waals surface area (Å²) in [6.07, 6.45) is 2.66. The summed E-state index contributed by atoms with van der Waals surface area (Å²) in [6.45, 7) is 4.91. The largest absolute Gasteiger partial charge is 0.493 e. The highest BCUT2D eigenvalue weighted by molar-refractivity contribution is 9.10. The first kappa shape index (κ1) is 16.0. The Hall–Kier alpha value is -1.86. The van der Waals surface area contributed by atoms with Crippen LogP contribution in [0.15, 0.2) is 28.2 Å². The van der Waals surface area contributed by atoms with Crippen molar-refractivity contribution in [3.63, 3.8) is 0 Å². The number of thiazole rings is 1. The van der Waals surface area contributed by atoms with Gasteiger partial charge in [0.25, 0.3) is 0 Å². The van der Waals surface area contributed by atoms with Crippen molar-refractivity contribution in [1.29, 1.82) is 0 Å². The molecule has 3 aromatic rings. The zero-order valence-electron chi connectivity index (χ0n) is 12.7. The average Bonchev–Trinajstić information content (AvgIpc) is 3.10. The molecule has 2 heterocycles. The summed E-state index contributed by atoms with van der Waals surface area (Å²) in [5.74, 6) is 1.36. The average molecular weight is 395 g/mol. The van der Waals surface area contributed by atoms with Crippen molar-refractivity contribution in [3.8, 4) is 22.8 Å². The van der Waals surface area contributed by atoms with Crippen molar-refractivity contribution >= 4 is 38.5 Å². The maximum Gasteiger partial charge on any atom is 0.194 e. The van der Waals surface area contributed by atoms with Crippen molar-refractivity contribution in [3.05, 3.63) is 33.9 Å². The molecule has 0 bridgehead atoms. The van der Waals surface area contributed by atoms with Gasteiger partial charge in [0, 0.05) is 17.1 Å². The number of aromatic nitrogens is 2. The molecule has 0 spiro atoms. The maximum atomic E-state index is 11.6. The molecule has 3 rings (SSSR count). The summed E-state index contributed by atoms with van der Waals surface area (Å²) in [6, 6.07) is 3.71. The molecule has 0 fully saturated rings. The van der Waals surface area contributed by atoms with Crippen LogP contribution < -0.4 is 9.47 Å². The highest BCUT2D eigenvalue weighted by Crippen LogP contribution is 2.40. The Bertz CT molecular complexity index is 856. The summed E-state index contributed by atoms with van der Waals surface area (Å²) in [5.41, 5.74) is 1.85. The van der Waals surface area contributed by atoms with Crippen LogP contribution in [0, 0.1) is 0 Å².